The van der Waals surface area contributed by atoms with Gasteiger partial charge in [0.2, 0.25) is 5.60 Å². The van der Waals surface area contributed by atoms with Crippen molar-refractivity contribution in [2.75, 3.05) is 13.6 Å². The zero-order valence-electron chi connectivity index (χ0n) is 9.00. The number of nitrogens with zero attached hydrogens (tertiary/aromatic N) is 1. The Balaban J connectivity index is 2.75. The highest BCUT2D eigenvalue weighted by molar-refractivity contribution is 5.90. The smallest absolute Gasteiger partial charge is 0.267 e. The molecule has 2 unspecified atom stereocenters. The fourth-order valence-electron chi connectivity index (χ4n) is 1.31. The molecule has 1 aliphatic heterocycles. The van der Waals surface area contributed by atoms with Gasteiger partial charge in [-0.25, -0.2) is 0 Å². The first kappa shape index (κ1) is 11.1. The molecule has 1 saturated heterocycles. The topological polar surface area (TPSA) is 40.5 Å². The summed E-state index contributed by atoms with van der Waals surface area (Å²) in [5.41, 5.74) is -1.42. The lowest BCUT2D eigenvalue weighted by Gasteiger charge is -2.13. The Morgan fingerprint density at radius 2 is 2.36 bits per heavy atom. The van der Waals surface area contributed by atoms with E-state index in [9.17, 15) is 9.90 Å². The van der Waals surface area contributed by atoms with E-state index in [-0.39, 0.29) is 11.8 Å². The number of likely N-dealkylation sites (N-methyl/N-ethyl adjacent to an activating group) is 1. The Bertz CT molecular complexity index is 289. The lowest BCUT2D eigenvalue weighted by Crippen LogP contribution is -2.37. The summed E-state index contributed by atoms with van der Waals surface area (Å²) in [6, 6.07) is 0. The minimum absolute atomic E-state index is 0.234. The van der Waals surface area contributed by atoms with Crippen LogP contribution in [0.5, 0.6) is 0 Å². The van der Waals surface area contributed by atoms with Crippen molar-refractivity contribution in [2.45, 2.75) is 32.3 Å². The fourth-order valence-corrected chi connectivity index (χ4v) is 1.31. The van der Waals surface area contributed by atoms with Crippen molar-refractivity contribution in [1.82, 2.24) is 4.90 Å². The molecule has 0 aromatic carbocycles. The summed E-state index contributed by atoms with van der Waals surface area (Å²) < 4.78 is 0. The molecule has 3 heteroatoms. The monoisotopic (exact) mass is 195 g/mol. The van der Waals surface area contributed by atoms with Crippen molar-refractivity contribution in [3.05, 3.63) is 0 Å². The third-order valence-electron chi connectivity index (χ3n) is 2.65. The van der Waals surface area contributed by atoms with Crippen molar-refractivity contribution in [1.29, 1.82) is 0 Å². The Hall–Kier alpha value is -1.01. The second-order valence-corrected chi connectivity index (χ2v) is 3.92. The SMILES string of the molecule is CCC(C)C#CC1(O)CCN(C)C1=O. The molecule has 0 spiro atoms. The summed E-state index contributed by atoms with van der Waals surface area (Å²) in [5, 5.41) is 9.91. The van der Waals surface area contributed by atoms with Gasteiger partial charge < -0.3 is 10.0 Å². The highest BCUT2D eigenvalue weighted by Crippen LogP contribution is 2.20. The van der Waals surface area contributed by atoms with Crippen LogP contribution in [-0.2, 0) is 4.79 Å². The summed E-state index contributed by atoms with van der Waals surface area (Å²) in [6.45, 7) is 4.61. The molecule has 0 aromatic rings. The van der Waals surface area contributed by atoms with Gasteiger partial charge in [-0.15, -0.1) is 0 Å². The molecule has 1 N–H and O–H groups in total. The van der Waals surface area contributed by atoms with E-state index in [1.165, 1.54) is 4.90 Å². The van der Waals surface area contributed by atoms with Gasteiger partial charge in [0.1, 0.15) is 0 Å². The number of carbonyl (C=O) groups is 1. The standard InChI is InChI=1S/C11H17NO2/c1-4-9(2)5-6-11(14)7-8-12(3)10(11)13/h9,14H,4,7-8H2,1-3H3. The van der Waals surface area contributed by atoms with Crippen molar-refractivity contribution < 1.29 is 9.90 Å². The number of aliphatic hydroxyl groups is 1. The number of hydrogen-bond acceptors (Lipinski definition) is 2. The zero-order chi connectivity index (χ0) is 10.8. The molecule has 1 amide bonds. The van der Waals surface area contributed by atoms with Crippen molar-refractivity contribution >= 4 is 5.91 Å². The van der Waals surface area contributed by atoms with Crippen LogP contribution >= 0.6 is 0 Å². The predicted octanol–water partition coefficient (Wildman–Crippen LogP) is 0.629. The van der Waals surface area contributed by atoms with Crippen LogP contribution in [0.15, 0.2) is 0 Å². The summed E-state index contributed by atoms with van der Waals surface area (Å²) in [6.07, 6.45) is 1.36. The van der Waals surface area contributed by atoms with Gasteiger partial charge in [0.25, 0.3) is 5.91 Å². The van der Waals surface area contributed by atoms with E-state index in [1.807, 2.05) is 13.8 Å². The zero-order valence-corrected chi connectivity index (χ0v) is 9.00. The minimum Gasteiger partial charge on any atom is -0.369 e. The van der Waals surface area contributed by atoms with E-state index in [0.717, 1.165) is 6.42 Å². The molecular formula is C11H17NO2. The van der Waals surface area contributed by atoms with Gasteiger partial charge in [0.15, 0.2) is 0 Å². The second-order valence-electron chi connectivity index (χ2n) is 3.92. The molecule has 1 aliphatic rings. The van der Waals surface area contributed by atoms with Crippen LogP contribution in [-0.4, -0.2) is 35.1 Å². The van der Waals surface area contributed by atoms with Crippen molar-refractivity contribution in [2.24, 2.45) is 5.92 Å². The van der Waals surface area contributed by atoms with E-state index < -0.39 is 5.60 Å². The number of likely N-dealkylation sites (tertiary alicyclic amines) is 1. The Morgan fingerprint density at radius 3 is 2.79 bits per heavy atom. The first-order chi connectivity index (χ1) is 6.49. The summed E-state index contributed by atoms with van der Waals surface area (Å²) in [5.74, 6) is 5.59. The first-order valence-corrected chi connectivity index (χ1v) is 5.00. The number of amides is 1. The largest absolute Gasteiger partial charge is 0.369 e. The third-order valence-corrected chi connectivity index (χ3v) is 2.65. The lowest BCUT2D eigenvalue weighted by molar-refractivity contribution is -0.137. The van der Waals surface area contributed by atoms with E-state index in [4.69, 9.17) is 0 Å². The molecule has 78 valence electrons. The van der Waals surface area contributed by atoms with Crippen molar-refractivity contribution in [3.63, 3.8) is 0 Å². The van der Waals surface area contributed by atoms with Gasteiger partial charge in [0.05, 0.1) is 0 Å². The Labute approximate surface area is 85.1 Å². The molecule has 0 aromatic heterocycles. The molecule has 0 saturated carbocycles. The maximum atomic E-state index is 11.5. The molecule has 0 bridgehead atoms. The minimum atomic E-state index is -1.42. The number of carbonyl (C=O) groups excluding carboxylic acids is 1. The average Bonchev–Trinajstić information content (AvgIpc) is 2.44. The molecule has 3 nitrogen and oxygen atoms in total. The van der Waals surface area contributed by atoms with Crippen LogP contribution in [0.3, 0.4) is 0 Å². The van der Waals surface area contributed by atoms with Gasteiger partial charge in [-0.2, -0.15) is 0 Å². The quantitative estimate of drug-likeness (QED) is 0.623. The van der Waals surface area contributed by atoms with Gasteiger partial charge >= 0.3 is 0 Å². The van der Waals surface area contributed by atoms with Crippen LogP contribution in [0.4, 0.5) is 0 Å². The van der Waals surface area contributed by atoms with Crippen LogP contribution < -0.4 is 0 Å². The van der Waals surface area contributed by atoms with E-state index in [0.29, 0.717) is 13.0 Å². The van der Waals surface area contributed by atoms with E-state index in [1.54, 1.807) is 7.05 Å². The maximum Gasteiger partial charge on any atom is 0.267 e. The second kappa shape index (κ2) is 4.02. The van der Waals surface area contributed by atoms with E-state index in [2.05, 4.69) is 11.8 Å². The molecule has 1 fully saturated rings. The lowest BCUT2D eigenvalue weighted by atomic mass is 10.0. The number of rotatable bonds is 1. The molecule has 1 heterocycles. The highest BCUT2D eigenvalue weighted by atomic mass is 16.3. The fraction of sp³-hybridized carbons (Fsp3) is 0.727. The average molecular weight is 195 g/mol. The molecule has 2 atom stereocenters. The summed E-state index contributed by atoms with van der Waals surface area (Å²) in [7, 11) is 1.69. The highest BCUT2D eigenvalue weighted by Gasteiger charge is 2.42. The molecule has 14 heavy (non-hydrogen) atoms. The van der Waals surface area contributed by atoms with Crippen molar-refractivity contribution in [3.8, 4) is 11.8 Å². The summed E-state index contributed by atoms with van der Waals surface area (Å²) in [4.78, 5) is 13.0. The van der Waals surface area contributed by atoms with Gasteiger partial charge in [-0.1, -0.05) is 25.7 Å². The normalized spacial score (nSPS) is 28.6. The molecule has 0 aliphatic carbocycles. The van der Waals surface area contributed by atoms with Crippen LogP contribution in [0.25, 0.3) is 0 Å². The van der Waals surface area contributed by atoms with Crippen LogP contribution in [0.2, 0.25) is 0 Å². The third kappa shape index (κ3) is 2.08. The maximum absolute atomic E-state index is 11.5. The van der Waals surface area contributed by atoms with Crippen LogP contribution in [0, 0.1) is 17.8 Å². The van der Waals surface area contributed by atoms with Gasteiger partial charge in [0, 0.05) is 25.9 Å². The Kier molecular flexibility index (Phi) is 3.17. The first-order valence-electron chi connectivity index (χ1n) is 5.00. The predicted molar refractivity (Wildman–Crippen MR) is 54.4 cm³/mol. The van der Waals surface area contributed by atoms with Gasteiger partial charge in [-0.05, 0) is 6.42 Å². The molecule has 1 rings (SSSR count). The number of hydrogen-bond donors (Lipinski definition) is 1. The summed E-state index contributed by atoms with van der Waals surface area (Å²) >= 11 is 0. The van der Waals surface area contributed by atoms with Gasteiger partial charge in [-0.3, -0.25) is 4.79 Å². The van der Waals surface area contributed by atoms with Crippen LogP contribution in [0.1, 0.15) is 26.7 Å². The Morgan fingerprint density at radius 1 is 1.71 bits per heavy atom. The molecule has 0 radical (unpaired) electrons. The molecular weight excluding hydrogens is 178 g/mol. The van der Waals surface area contributed by atoms with E-state index >= 15 is 0 Å².